The van der Waals surface area contributed by atoms with Gasteiger partial charge >= 0.3 is 5.97 Å². The highest BCUT2D eigenvalue weighted by atomic mass is 16.5. The fourth-order valence-electron chi connectivity index (χ4n) is 2.70. The zero-order valence-corrected chi connectivity index (χ0v) is 16.5. The minimum Gasteiger partial charge on any atom is -0.493 e. The van der Waals surface area contributed by atoms with Gasteiger partial charge in [-0.3, -0.25) is 4.79 Å². The molecule has 2 aromatic carbocycles. The van der Waals surface area contributed by atoms with Crippen molar-refractivity contribution in [3.63, 3.8) is 0 Å². The molecule has 0 fully saturated rings. The summed E-state index contributed by atoms with van der Waals surface area (Å²) in [7, 11) is 5.99. The molecule has 0 saturated heterocycles. The van der Waals surface area contributed by atoms with E-state index in [9.17, 15) is 9.59 Å². The predicted octanol–water partition coefficient (Wildman–Crippen LogP) is 2.75. The molecule has 0 heterocycles. The third-order valence-electron chi connectivity index (χ3n) is 4.23. The van der Waals surface area contributed by atoms with Crippen molar-refractivity contribution in [1.29, 1.82) is 0 Å². The van der Waals surface area contributed by atoms with Crippen LogP contribution in [0.2, 0.25) is 0 Å². The maximum Gasteiger partial charge on any atom is 0.337 e. The fraction of sp³-hybridized carbons (Fsp3) is 0.333. The summed E-state index contributed by atoms with van der Waals surface area (Å²) in [5, 5.41) is 2.87. The smallest absolute Gasteiger partial charge is 0.337 e. The van der Waals surface area contributed by atoms with E-state index in [-0.39, 0.29) is 11.9 Å². The molecule has 0 spiro atoms. The van der Waals surface area contributed by atoms with Crippen molar-refractivity contribution >= 4 is 11.9 Å². The monoisotopic (exact) mass is 387 g/mol. The number of nitrogens with one attached hydrogen (secondary N) is 1. The van der Waals surface area contributed by atoms with E-state index in [0.717, 1.165) is 11.1 Å². The SMILES string of the molecule is COC(=O)c1ccc(CNC(=O)CCc2cc(OC)c(OC)c(OC)c2)cc1. The standard InChI is InChI=1S/C21H25NO6/c1-25-17-11-15(12-18(26-2)20(17)27-3)7-10-19(23)22-13-14-5-8-16(9-6-14)21(24)28-4/h5-6,8-9,11-12H,7,10,13H2,1-4H3,(H,22,23). The van der Waals surface area contributed by atoms with Crippen LogP contribution in [0.4, 0.5) is 0 Å². The molecule has 0 atom stereocenters. The van der Waals surface area contributed by atoms with Crippen molar-refractivity contribution in [1.82, 2.24) is 5.32 Å². The molecule has 0 aliphatic carbocycles. The average molecular weight is 387 g/mol. The maximum absolute atomic E-state index is 12.2. The zero-order valence-electron chi connectivity index (χ0n) is 16.5. The van der Waals surface area contributed by atoms with Crippen LogP contribution in [-0.4, -0.2) is 40.3 Å². The summed E-state index contributed by atoms with van der Waals surface area (Å²) in [5.74, 6) is 1.17. The van der Waals surface area contributed by atoms with Crippen LogP contribution in [0, 0.1) is 0 Å². The molecule has 0 aliphatic heterocycles. The molecule has 150 valence electrons. The van der Waals surface area contributed by atoms with Gasteiger partial charge in [0.1, 0.15) is 0 Å². The summed E-state index contributed by atoms with van der Waals surface area (Å²) in [5.41, 5.74) is 2.28. The molecule has 0 radical (unpaired) electrons. The van der Waals surface area contributed by atoms with E-state index in [2.05, 4.69) is 10.1 Å². The minimum atomic E-state index is -0.388. The van der Waals surface area contributed by atoms with Gasteiger partial charge < -0.3 is 24.3 Å². The number of carbonyl (C=O) groups excluding carboxylic acids is 2. The van der Waals surface area contributed by atoms with Crippen molar-refractivity contribution in [2.45, 2.75) is 19.4 Å². The van der Waals surface area contributed by atoms with Crippen LogP contribution >= 0.6 is 0 Å². The number of esters is 1. The molecule has 2 aromatic rings. The summed E-state index contributed by atoms with van der Waals surface area (Å²) in [6, 6.07) is 10.6. The Bertz CT molecular complexity index is 791. The van der Waals surface area contributed by atoms with E-state index in [1.54, 1.807) is 45.6 Å². The van der Waals surface area contributed by atoms with Crippen LogP contribution in [0.15, 0.2) is 36.4 Å². The Morgan fingerprint density at radius 2 is 1.46 bits per heavy atom. The molecule has 0 unspecified atom stereocenters. The summed E-state index contributed by atoms with van der Waals surface area (Å²) < 4.78 is 20.6. The molecule has 0 saturated carbocycles. The van der Waals surface area contributed by atoms with Crippen LogP contribution in [-0.2, 0) is 22.5 Å². The predicted molar refractivity (Wildman–Crippen MR) is 104 cm³/mol. The van der Waals surface area contributed by atoms with Crippen LogP contribution in [0.3, 0.4) is 0 Å². The number of carbonyl (C=O) groups is 2. The zero-order chi connectivity index (χ0) is 20.5. The highest BCUT2D eigenvalue weighted by Crippen LogP contribution is 2.38. The number of amides is 1. The lowest BCUT2D eigenvalue weighted by Crippen LogP contribution is -2.23. The maximum atomic E-state index is 12.2. The van der Waals surface area contributed by atoms with Crippen LogP contribution < -0.4 is 19.5 Å². The van der Waals surface area contributed by atoms with Gasteiger partial charge in [0, 0.05) is 13.0 Å². The largest absolute Gasteiger partial charge is 0.493 e. The van der Waals surface area contributed by atoms with Crippen LogP contribution in [0.25, 0.3) is 0 Å². The van der Waals surface area contributed by atoms with Gasteiger partial charge in [-0.2, -0.15) is 0 Å². The average Bonchev–Trinajstić information content (AvgIpc) is 2.74. The first-order valence-corrected chi connectivity index (χ1v) is 8.75. The van der Waals surface area contributed by atoms with Gasteiger partial charge in [0.25, 0.3) is 0 Å². The molecule has 0 aliphatic rings. The lowest BCUT2D eigenvalue weighted by Gasteiger charge is -2.14. The first-order valence-electron chi connectivity index (χ1n) is 8.75. The first-order chi connectivity index (χ1) is 13.5. The quantitative estimate of drug-likeness (QED) is 0.666. The molecule has 7 heteroatoms. The number of hydrogen-bond donors (Lipinski definition) is 1. The normalized spacial score (nSPS) is 10.1. The van der Waals surface area contributed by atoms with E-state index in [4.69, 9.17) is 14.2 Å². The number of methoxy groups -OCH3 is 4. The molecular formula is C21H25NO6. The Morgan fingerprint density at radius 1 is 0.857 bits per heavy atom. The van der Waals surface area contributed by atoms with Gasteiger partial charge in [-0.1, -0.05) is 12.1 Å². The molecule has 1 N–H and O–H groups in total. The lowest BCUT2D eigenvalue weighted by atomic mass is 10.1. The minimum absolute atomic E-state index is 0.0780. The highest BCUT2D eigenvalue weighted by Gasteiger charge is 2.14. The van der Waals surface area contributed by atoms with Gasteiger partial charge in [-0.25, -0.2) is 4.79 Å². The Morgan fingerprint density at radius 3 is 1.96 bits per heavy atom. The van der Waals surface area contributed by atoms with Gasteiger partial charge in [-0.05, 0) is 41.8 Å². The number of ether oxygens (including phenoxy) is 4. The first kappa shape index (κ1) is 21.1. The third-order valence-corrected chi connectivity index (χ3v) is 4.23. The van der Waals surface area contributed by atoms with E-state index in [0.29, 0.717) is 42.2 Å². The van der Waals surface area contributed by atoms with E-state index in [1.807, 2.05) is 12.1 Å². The number of hydrogen-bond acceptors (Lipinski definition) is 6. The van der Waals surface area contributed by atoms with Gasteiger partial charge in [-0.15, -0.1) is 0 Å². The highest BCUT2D eigenvalue weighted by molar-refractivity contribution is 5.89. The lowest BCUT2D eigenvalue weighted by molar-refractivity contribution is -0.121. The molecule has 0 bridgehead atoms. The molecule has 7 nitrogen and oxygen atoms in total. The number of rotatable bonds is 9. The van der Waals surface area contributed by atoms with Crippen LogP contribution in [0.5, 0.6) is 17.2 Å². The topological polar surface area (TPSA) is 83.1 Å². The van der Waals surface area contributed by atoms with Crippen molar-refractivity contribution < 1.29 is 28.5 Å². The van der Waals surface area contributed by atoms with Crippen molar-refractivity contribution in [2.75, 3.05) is 28.4 Å². The molecular weight excluding hydrogens is 362 g/mol. The number of aryl methyl sites for hydroxylation is 1. The Hall–Kier alpha value is -3.22. The summed E-state index contributed by atoms with van der Waals surface area (Å²) in [6.45, 7) is 0.384. The van der Waals surface area contributed by atoms with Crippen molar-refractivity contribution in [3.05, 3.63) is 53.1 Å². The Labute approximate surface area is 164 Å². The molecule has 0 aromatic heterocycles. The summed E-state index contributed by atoms with van der Waals surface area (Å²) in [6.07, 6.45) is 0.850. The van der Waals surface area contributed by atoms with Gasteiger partial charge in [0.2, 0.25) is 11.7 Å². The summed E-state index contributed by atoms with van der Waals surface area (Å²) in [4.78, 5) is 23.6. The van der Waals surface area contributed by atoms with E-state index in [1.165, 1.54) is 7.11 Å². The van der Waals surface area contributed by atoms with Gasteiger partial charge in [0.05, 0.1) is 34.0 Å². The van der Waals surface area contributed by atoms with E-state index >= 15 is 0 Å². The number of benzene rings is 2. The second-order valence-electron chi connectivity index (χ2n) is 6.00. The van der Waals surface area contributed by atoms with E-state index < -0.39 is 0 Å². The second-order valence-corrected chi connectivity index (χ2v) is 6.00. The fourth-order valence-corrected chi connectivity index (χ4v) is 2.70. The molecule has 28 heavy (non-hydrogen) atoms. The Kier molecular flexibility index (Phi) is 7.68. The second kappa shape index (κ2) is 10.2. The summed E-state index contributed by atoms with van der Waals surface area (Å²) >= 11 is 0. The van der Waals surface area contributed by atoms with Crippen molar-refractivity contribution in [3.8, 4) is 17.2 Å². The van der Waals surface area contributed by atoms with Crippen LogP contribution in [0.1, 0.15) is 27.9 Å². The van der Waals surface area contributed by atoms with Crippen molar-refractivity contribution in [2.24, 2.45) is 0 Å². The molecule has 1 amide bonds. The van der Waals surface area contributed by atoms with Gasteiger partial charge in [0.15, 0.2) is 11.5 Å². The third kappa shape index (κ3) is 5.39. The molecule has 2 rings (SSSR count). The Balaban J connectivity index is 1.91.